The summed E-state index contributed by atoms with van der Waals surface area (Å²) >= 11 is 0. The van der Waals surface area contributed by atoms with Crippen molar-refractivity contribution in [3.05, 3.63) is 35.6 Å². The van der Waals surface area contributed by atoms with Gasteiger partial charge in [-0.1, -0.05) is 26.0 Å². The largest absolute Gasteiger partial charge is 0.389 e. The number of nitrogens with one attached hydrogen (secondary N) is 1. The molecule has 2 atom stereocenters. The first kappa shape index (κ1) is 14.1. The van der Waals surface area contributed by atoms with E-state index in [1.54, 1.807) is 12.1 Å². The van der Waals surface area contributed by atoms with Crippen LogP contribution in [0.15, 0.2) is 24.3 Å². The molecule has 0 aliphatic heterocycles. The summed E-state index contributed by atoms with van der Waals surface area (Å²) in [4.78, 5) is 0. The van der Waals surface area contributed by atoms with Crippen molar-refractivity contribution >= 4 is 0 Å². The highest BCUT2D eigenvalue weighted by atomic mass is 19.1. The maximum atomic E-state index is 12.8. The molecular weight excluding hydrogens is 217 g/mol. The monoisotopic (exact) mass is 239 g/mol. The van der Waals surface area contributed by atoms with Crippen LogP contribution >= 0.6 is 0 Å². The lowest BCUT2D eigenvalue weighted by molar-refractivity contribution is 0.0122. The van der Waals surface area contributed by atoms with Gasteiger partial charge in [-0.3, -0.25) is 0 Å². The Morgan fingerprint density at radius 3 is 2.24 bits per heavy atom. The van der Waals surface area contributed by atoms with Crippen molar-refractivity contribution in [1.29, 1.82) is 0 Å². The minimum Gasteiger partial charge on any atom is -0.389 e. The van der Waals surface area contributed by atoms with Crippen LogP contribution in [0.5, 0.6) is 0 Å². The Hall–Kier alpha value is -0.930. The highest BCUT2D eigenvalue weighted by Crippen LogP contribution is 2.18. The first-order valence-corrected chi connectivity index (χ1v) is 6.04. The Labute approximate surface area is 103 Å². The second kappa shape index (κ2) is 5.61. The summed E-state index contributed by atoms with van der Waals surface area (Å²) in [5.74, 6) is -0.0365. The average Bonchev–Trinajstić information content (AvgIpc) is 2.27. The van der Waals surface area contributed by atoms with Gasteiger partial charge in [-0.15, -0.1) is 0 Å². The number of aliphatic hydroxyl groups is 1. The minimum absolute atomic E-state index is 0.0980. The molecule has 3 heteroatoms. The summed E-state index contributed by atoms with van der Waals surface area (Å²) in [6, 6.07) is 6.52. The fraction of sp³-hybridized carbons (Fsp3) is 0.571. The van der Waals surface area contributed by atoms with E-state index in [2.05, 4.69) is 5.32 Å². The van der Waals surface area contributed by atoms with Crippen LogP contribution in [0.3, 0.4) is 0 Å². The molecule has 0 aliphatic carbocycles. The zero-order valence-electron chi connectivity index (χ0n) is 11.0. The predicted molar refractivity (Wildman–Crippen MR) is 68.3 cm³/mol. The number of hydrogen-bond donors (Lipinski definition) is 2. The lowest BCUT2D eigenvalue weighted by atomic mass is 9.92. The Balaban J connectivity index is 2.55. The molecule has 17 heavy (non-hydrogen) atoms. The van der Waals surface area contributed by atoms with E-state index in [4.69, 9.17) is 0 Å². The van der Waals surface area contributed by atoms with E-state index in [1.807, 2.05) is 27.7 Å². The van der Waals surface area contributed by atoms with E-state index in [0.717, 1.165) is 5.56 Å². The maximum absolute atomic E-state index is 12.8. The summed E-state index contributed by atoms with van der Waals surface area (Å²) in [5, 5.41) is 13.4. The van der Waals surface area contributed by atoms with Crippen LogP contribution in [0.4, 0.5) is 4.39 Å². The van der Waals surface area contributed by atoms with E-state index in [0.29, 0.717) is 6.54 Å². The van der Waals surface area contributed by atoms with Crippen molar-refractivity contribution in [3.63, 3.8) is 0 Å². The van der Waals surface area contributed by atoms with Crippen LogP contribution in [0, 0.1) is 11.7 Å². The molecule has 0 spiro atoms. The highest BCUT2D eigenvalue weighted by molar-refractivity contribution is 5.19. The van der Waals surface area contributed by atoms with Crippen molar-refractivity contribution in [1.82, 2.24) is 5.32 Å². The molecule has 0 saturated carbocycles. The molecule has 1 rings (SSSR count). The third kappa shape index (κ3) is 4.10. The smallest absolute Gasteiger partial charge is 0.123 e. The van der Waals surface area contributed by atoms with Crippen molar-refractivity contribution in [2.24, 2.45) is 5.92 Å². The molecule has 0 amide bonds. The zero-order chi connectivity index (χ0) is 13.1. The third-order valence-electron chi connectivity index (χ3n) is 3.38. The van der Waals surface area contributed by atoms with Crippen LogP contribution in [-0.4, -0.2) is 17.3 Å². The van der Waals surface area contributed by atoms with E-state index in [1.165, 1.54) is 12.1 Å². The van der Waals surface area contributed by atoms with Gasteiger partial charge in [-0.2, -0.15) is 0 Å². The van der Waals surface area contributed by atoms with Crippen LogP contribution in [-0.2, 0) is 0 Å². The number of halogens is 1. The average molecular weight is 239 g/mol. The molecule has 0 aromatic heterocycles. The van der Waals surface area contributed by atoms with Gasteiger partial charge in [0, 0.05) is 12.6 Å². The predicted octanol–water partition coefficient (Wildman–Crippen LogP) is 2.88. The number of hydrogen-bond acceptors (Lipinski definition) is 2. The molecule has 1 aromatic rings. The molecular formula is C14H22FNO. The van der Waals surface area contributed by atoms with E-state index in [-0.39, 0.29) is 17.8 Å². The highest BCUT2D eigenvalue weighted by Gasteiger charge is 2.25. The van der Waals surface area contributed by atoms with Gasteiger partial charge in [0.25, 0.3) is 0 Å². The summed E-state index contributed by atoms with van der Waals surface area (Å²) in [5.41, 5.74) is 0.292. The van der Waals surface area contributed by atoms with Crippen LogP contribution in [0.2, 0.25) is 0 Å². The second-order valence-corrected chi connectivity index (χ2v) is 5.17. The van der Waals surface area contributed by atoms with Crippen molar-refractivity contribution in [2.75, 3.05) is 6.54 Å². The quantitative estimate of drug-likeness (QED) is 0.828. The molecule has 0 heterocycles. The second-order valence-electron chi connectivity index (χ2n) is 5.17. The van der Waals surface area contributed by atoms with E-state index < -0.39 is 5.60 Å². The van der Waals surface area contributed by atoms with Gasteiger partial charge in [0.2, 0.25) is 0 Å². The van der Waals surface area contributed by atoms with Gasteiger partial charge in [0.05, 0.1) is 5.60 Å². The van der Waals surface area contributed by atoms with Crippen molar-refractivity contribution in [3.8, 4) is 0 Å². The molecule has 96 valence electrons. The van der Waals surface area contributed by atoms with Crippen LogP contribution in [0.25, 0.3) is 0 Å². The molecule has 0 bridgehead atoms. The maximum Gasteiger partial charge on any atom is 0.123 e. The Morgan fingerprint density at radius 2 is 1.76 bits per heavy atom. The number of benzene rings is 1. The summed E-state index contributed by atoms with van der Waals surface area (Å²) < 4.78 is 12.8. The molecule has 2 N–H and O–H groups in total. The fourth-order valence-electron chi connectivity index (χ4n) is 1.43. The van der Waals surface area contributed by atoms with Gasteiger partial charge < -0.3 is 10.4 Å². The van der Waals surface area contributed by atoms with Crippen molar-refractivity contribution in [2.45, 2.75) is 39.3 Å². The summed E-state index contributed by atoms with van der Waals surface area (Å²) in [6.45, 7) is 8.32. The standard InChI is InChI=1S/C14H22FNO/c1-10(2)14(4,17)9-16-11(3)12-5-7-13(15)8-6-12/h5-8,10-11,16-17H,9H2,1-4H3/t11-,14?/m1/s1. The lowest BCUT2D eigenvalue weighted by Gasteiger charge is -2.29. The summed E-state index contributed by atoms with van der Waals surface area (Å²) in [7, 11) is 0. The molecule has 0 saturated heterocycles. The fourth-order valence-corrected chi connectivity index (χ4v) is 1.43. The van der Waals surface area contributed by atoms with Crippen LogP contribution in [0.1, 0.15) is 39.3 Å². The van der Waals surface area contributed by atoms with E-state index >= 15 is 0 Å². The molecule has 0 fully saturated rings. The Morgan fingerprint density at radius 1 is 1.24 bits per heavy atom. The zero-order valence-corrected chi connectivity index (χ0v) is 11.0. The first-order valence-electron chi connectivity index (χ1n) is 6.04. The first-order chi connectivity index (χ1) is 7.83. The minimum atomic E-state index is -0.728. The topological polar surface area (TPSA) is 32.3 Å². The normalized spacial score (nSPS) is 16.9. The lowest BCUT2D eigenvalue weighted by Crippen LogP contribution is -2.42. The Kier molecular flexibility index (Phi) is 4.66. The van der Waals surface area contributed by atoms with E-state index in [9.17, 15) is 9.50 Å². The van der Waals surface area contributed by atoms with Gasteiger partial charge >= 0.3 is 0 Å². The van der Waals surface area contributed by atoms with Crippen molar-refractivity contribution < 1.29 is 9.50 Å². The van der Waals surface area contributed by atoms with Gasteiger partial charge in [-0.25, -0.2) is 4.39 Å². The molecule has 0 radical (unpaired) electrons. The Bertz CT molecular complexity index is 346. The molecule has 0 aliphatic rings. The van der Waals surface area contributed by atoms with Crippen LogP contribution < -0.4 is 5.32 Å². The molecule has 2 nitrogen and oxygen atoms in total. The van der Waals surface area contributed by atoms with Gasteiger partial charge in [0.1, 0.15) is 5.82 Å². The van der Waals surface area contributed by atoms with Gasteiger partial charge in [-0.05, 0) is 37.5 Å². The molecule has 1 aromatic carbocycles. The number of rotatable bonds is 5. The third-order valence-corrected chi connectivity index (χ3v) is 3.38. The molecule has 1 unspecified atom stereocenters. The van der Waals surface area contributed by atoms with Gasteiger partial charge in [0.15, 0.2) is 0 Å². The summed E-state index contributed by atoms with van der Waals surface area (Å²) in [6.07, 6.45) is 0. The SMILES string of the molecule is CC(C)C(C)(O)CN[C@H](C)c1ccc(F)cc1.